The lowest BCUT2D eigenvalue weighted by molar-refractivity contribution is 0.628. The van der Waals surface area contributed by atoms with Gasteiger partial charge in [-0.25, -0.2) is 9.37 Å². The molecule has 0 unspecified atom stereocenters. The lowest BCUT2D eigenvalue weighted by atomic mass is 10.3. The number of nitrogens with one attached hydrogen (secondary N) is 1. The molecule has 1 aromatic carbocycles. The number of hydrogen-bond acceptors (Lipinski definition) is 2. The molecule has 3 heteroatoms. The highest BCUT2D eigenvalue weighted by Crippen LogP contribution is 2.15. The Morgan fingerprint density at radius 1 is 1.20 bits per heavy atom. The van der Waals surface area contributed by atoms with Gasteiger partial charge in [-0.2, -0.15) is 0 Å². The van der Waals surface area contributed by atoms with E-state index in [2.05, 4.69) is 10.3 Å². The Morgan fingerprint density at radius 3 is 2.73 bits per heavy atom. The summed E-state index contributed by atoms with van der Waals surface area (Å²) in [6.45, 7) is 1.97. The number of aryl methyl sites for hydroxylation is 1. The second kappa shape index (κ2) is 4.09. The highest BCUT2D eigenvalue weighted by atomic mass is 19.1. The second-order valence-corrected chi connectivity index (χ2v) is 3.36. The second-order valence-electron chi connectivity index (χ2n) is 3.36. The van der Waals surface area contributed by atoms with E-state index in [0.717, 1.165) is 5.56 Å². The van der Waals surface area contributed by atoms with Gasteiger partial charge in [0.05, 0.1) is 0 Å². The first-order valence-electron chi connectivity index (χ1n) is 4.69. The molecule has 0 aliphatic rings. The molecule has 2 nitrogen and oxygen atoms in total. The predicted molar refractivity (Wildman–Crippen MR) is 58.7 cm³/mol. The van der Waals surface area contributed by atoms with Crippen LogP contribution in [-0.4, -0.2) is 4.98 Å². The Kier molecular flexibility index (Phi) is 2.63. The van der Waals surface area contributed by atoms with Crippen molar-refractivity contribution < 1.29 is 4.39 Å². The van der Waals surface area contributed by atoms with Gasteiger partial charge in [0.15, 0.2) is 0 Å². The smallest absolute Gasteiger partial charge is 0.130 e. The van der Waals surface area contributed by atoms with Crippen LogP contribution in [0.15, 0.2) is 42.6 Å². The number of pyridine rings is 1. The first-order chi connectivity index (χ1) is 7.24. The van der Waals surface area contributed by atoms with Crippen molar-refractivity contribution in [2.24, 2.45) is 0 Å². The molecule has 2 aromatic rings. The summed E-state index contributed by atoms with van der Waals surface area (Å²) < 4.78 is 12.9. The minimum Gasteiger partial charge on any atom is -0.340 e. The number of aromatic nitrogens is 1. The van der Waals surface area contributed by atoms with Crippen LogP contribution in [0.25, 0.3) is 0 Å². The van der Waals surface area contributed by atoms with Crippen molar-refractivity contribution in [3.63, 3.8) is 0 Å². The fraction of sp³-hybridized carbons (Fsp3) is 0.0833. The third kappa shape index (κ3) is 2.53. The summed E-state index contributed by atoms with van der Waals surface area (Å²) in [5.74, 6) is 0.457. The summed E-state index contributed by atoms with van der Waals surface area (Å²) in [5.41, 5.74) is 1.80. The van der Waals surface area contributed by atoms with Gasteiger partial charge < -0.3 is 5.32 Å². The topological polar surface area (TPSA) is 24.9 Å². The van der Waals surface area contributed by atoms with Crippen LogP contribution in [0, 0.1) is 12.7 Å². The van der Waals surface area contributed by atoms with Gasteiger partial charge in [-0.05, 0) is 36.8 Å². The maximum absolute atomic E-state index is 12.9. The third-order valence-electron chi connectivity index (χ3n) is 2.01. The molecule has 1 aromatic heterocycles. The van der Waals surface area contributed by atoms with Crippen molar-refractivity contribution in [3.05, 3.63) is 54.0 Å². The van der Waals surface area contributed by atoms with Crippen molar-refractivity contribution in [2.45, 2.75) is 6.92 Å². The van der Waals surface area contributed by atoms with E-state index in [1.54, 1.807) is 18.3 Å². The van der Waals surface area contributed by atoms with Crippen LogP contribution in [-0.2, 0) is 0 Å². The minimum absolute atomic E-state index is 0.257. The first kappa shape index (κ1) is 9.65. The molecular formula is C12H11FN2. The molecule has 0 aliphatic carbocycles. The molecule has 2 rings (SSSR count). The van der Waals surface area contributed by atoms with Crippen molar-refractivity contribution in [3.8, 4) is 0 Å². The maximum Gasteiger partial charge on any atom is 0.130 e. The maximum atomic E-state index is 12.9. The van der Waals surface area contributed by atoms with E-state index >= 15 is 0 Å². The Morgan fingerprint density at radius 2 is 2.07 bits per heavy atom. The summed E-state index contributed by atoms with van der Waals surface area (Å²) in [4.78, 5) is 4.17. The van der Waals surface area contributed by atoms with Gasteiger partial charge in [0.2, 0.25) is 0 Å². The zero-order valence-electron chi connectivity index (χ0n) is 8.37. The Hall–Kier alpha value is -1.90. The molecule has 0 aliphatic heterocycles. The molecule has 0 saturated carbocycles. The van der Waals surface area contributed by atoms with Crippen LogP contribution in [0.1, 0.15) is 5.56 Å². The van der Waals surface area contributed by atoms with Gasteiger partial charge in [-0.3, -0.25) is 0 Å². The standard InChI is InChI=1S/C12H11FN2/c1-9-5-6-12(14-8-9)15-11-4-2-3-10(13)7-11/h2-8H,1H3,(H,14,15). The van der Waals surface area contributed by atoms with Crippen LogP contribution >= 0.6 is 0 Å². The highest BCUT2D eigenvalue weighted by Gasteiger charge is 1.96. The Labute approximate surface area is 87.8 Å². The van der Waals surface area contributed by atoms with E-state index < -0.39 is 0 Å². The number of halogens is 1. The van der Waals surface area contributed by atoms with Gasteiger partial charge in [0, 0.05) is 11.9 Å². The third-order valence-corrected chi connectivity index (χ3v) is 2.01. The molecular weight excluding hydrogens is 191 g/mol. The molecule has 0 fully saturated rings. The van der Waals surface area contributed by atoms with Gasteiger partial charge in [0.1, 0.15) is 11.6 Å². The van der Waals surface area contributed by atoms with Crippen LogP contribution in [0.4, 0.5) is 15.9 Å². The zero-order valence-corrected chi connectivity index (χ0v) is 8.37. The van der Waals surface area contributed by atoms with Crippen LogP contribution < -0.4 is 5.32 Å². The Bertz CT molecular complexity index is 451. The highest BCUT2D eigenvalue weighted by molar-refractivity contribution is 5.55. The fourth-order valence-corrected chi connectivity index (χ4v) is 1.26. The molecule has 1 heterocycles. The molecule has 1 N–H and O–H groups in total. The molecule has 0 amide bonds. The summed E-state index contributed by atoms with van der Waals surface area (Å²) >= 11 is 0. The lowest BCUT2D eigenvalue weighted by Gasteiger charge is -2.05. The number of nitrogens with zero attached hydrogens (tertiary/aromatic N) is 1. The molecule has 76 valence electrons. The SMILES string of the molecule is Cc1ccc(Nc2cccc(F)c2)nc1. The quantitative estimate of drug-likeness (QED) is 0.808. The Balaban J connectivity index is 2.18. The van der Waals surface area contributed by atoms with Crippen LogP contribution in [0.2, 0.25) is 0 Å². The zero-order chi connectivity index (χ0) is 10.7. The van der Waals surface area contributed by atoms with E-state index in [1.165, 1.54) is 12.1 Å². The largest absolute Gasteiger partial charge is 0.340 e. The number of rotatable bonds is 2. The first-order valence-corrected chi connectivity index (χ1v) is 4.69. The molecule has 0 saturated heterocycles. The van der Waals surface area contributed by atoms with Crippen molar-refractivity contribution in [1.29, 1.82) is 0 Å². The van der Waals surface area contributed by atoms with Crippen LogP contribution in [0.3, 0.4) is 0 Å². The average molecular weight is 202 g/mol. The summed E-state index contributed by atoms with van der Waals surface area (Å²) in [7, 11) is 0. The normalized spacial score (nSPS) is 10.0. The molecule has 0 atom stereocenters. The van der Waals surface area contributed by atoms with Crippen LogP contribution in [0.5, 0.6) is 0 Å². The van der Waals surface area contributed by atoms with Crippen molar-refractivity contribution in [1.82, 2.24) is 4.98 Å². The molecule has 0 spiro atoms. The number of benzene rings is 1. The minimum atomic E-state index is -0.257. The lowest BCUT2D eigenvalue weighted by Crippen LogP contribution is -1.93. The van der Waals surface area contributed by atoms with Gasteiger partial charge in [0.25, 0.3) is 0 Å². The summed E-state index contributed by atoms with van der Waals surface area (Å²) in [6, 6.07) is 10.1. The number of anilines is 2. The molecule has 0 radical (unpaired) electrons. The van der Waals surface area contributed by atoms with Crippen molar-refractivity contribution >= 4 is 11.5 Å². The summed E-state index contributed by atoms with van der Waals surface area (Å²) in [6.07, 6.45) is 1.77. The van der Waals surface area contributed by atoms with Gasteiger partial charge in [-0.15, -0.1) is 0 Å². The summed E-state index contributed by atoms with van der Waals surface area (Å²) in [5, 5.41) is 3.02. The van der Waals surface area contributed by atoms with Gasteiger partial charge in [-0.1, -0.05) is 12.1 Å². The van der Waals surface area contributed by atoms with E-state index in [9.17, 15) is 4.39 Å². The van der Waals surface area contributed by atoms with E-state index in [0.29, 0.717) is 11.5 Å². The predicted octanol–water partition coefficient (Wildman–Crippen LogP) is 3.27. The number of hydrogen-bond donors (Lipinski definition) is 1. The molecule has 15 heavy (non-hydrogen) atoms. The van der Waals surface area contributed by atoms with E-state index in [1.807, 2.05) is 19.1 Å². The molecule has 0 bridgehead atoms. The van der Waals surface area contributed by atoms with Gasteiger partial charge >= 0.3 is 0 Å². The van der Waals surface area contributed by atoms with E-state index in [4.69, 9.17) is 0 Å². The van der Waals surface area contributed by atoms with Crippen molar-refractivity contribution in [2.75, 3.05) is 5.32 Å². The fourth-order valence-electron chi connectivity index (χ4n) is 1.26. The monoisotopic (exact) mass is 202 g/mol. The van der Waals surface area contributed by atoms with E-state index in [-0.39, 0.29) is 5.82 Å². The average Bonchev–Trinajstić information content (AvgIpc) is 2.22.